The van der Waals surface area contributed by atoms with Gasteiger partial charge in [0.1, 0.15) is 6.54 Å². The third-order valence-electron chi connectivity index (χ3n) is 1.42. The van der Waals surface area contributed by atoms with E-state index in [1.165, 1.54) is 4.90 Å². The quantitative estimate of drug-likeness (QED) is 0.602. The Hall–Kier alpha value is -1.50. The van der Waals surface area contributed by atoms with Gasteiger partial charge in [-0.05, 0) is 11.5 Å². The summed E-state index contributed by atoms with van der Waals surface area (Å²) in [5.74, 6) is 0.108. The Bertz CT molecular complexity index is 322. The Morgan fingerprint density at radius 2 is 2.42 bits per heavy atom. The van der Waals surface area contributed by atoms with Gasteiger partial charge in [0.05, 0.1) is 5.38 Å². The number of aromatic nitrogens is 2. The molecule has 6 nitrogen and oxygen atoms in total. The Morgan fingerprint density at radius 1 is 1.58 bits per heavy atom. The van der Waals surface area contributed by atoms with Gasteiger partial charge >= 0.3 is 6.03 Å². The standard InChI is InChI=1S/C5H4N4O2S/c10-4-1-9(5(11)6-4)3-2-12-8-7-3/h2H,1H2,(H,6,10,11). The summed E-state index contributed by atoms with van der Waals surface area (Å²) in [6.45, 7) is 0.0320. The van der Waals surface area contributed by atoms with Crippen LogP contribution in [0.5, 0.6) is 0 Å². The van der Waals surface area contributed by atoms with Crippen molar-refractivity contribution in [1.29, 1.82) is 0 Å². The Labute approximate surface area is 71.3 Å². The molecule has 0 aromatic carbocycles. The summed E-state index contributed by atoms with van der Waals surface area (Å²) in [5.41, 5.74) is 0. The van der Waals surface area contributed by atoms with Gasteiger partial charge in [0, 0.05) is 0 Å². The molecular weight excluding hydrogens is 180 g/mol. The highest BCUT2D eigenvalue weighted by Gasteiger charge is 2.29. The van der Waals surface area contributed by atoms with Crippen LogP contribution in [0.1, 0.15) is 0 Å². The number of hydrogen-bond acceptors (Lipinski definition) is 5. The van der Waals surface area contributed by atoms with Gasteiger partial charge in [-0.15, -0.1) is 5.10 Å². The van der Waals surface area contributed by atoms with Gasteiger partial charge in [0.25, 0.3) is 0 Å². The molecule has 62 valence electrons. The maximum atomic E-state index is 11.0. The summed E-state index contributed by atoms with van der Waals surface area (Å²) >= 11 is 1.14. The van der Waals surface area contributed by atoms with Crippen LogP contribution in [-0.4, -0.2) is 28.1 Å². The zero-order valence-corrected chi connectivity index (χ0v) is 6.67. The maximum absolute atomic E-state index is 11.0. The highest BCUT2D eigenvalue weighted by atomic mass is 32.1. The summed E-state index contributed by atoms with van der Waals surface area (Å²) in [6, 6.07) is -0.437. The molecule has 1 saturated heterocycles. The summed E-state index contributed by atoms with van der Waals surface area (Å²) in [5, 5.41) is 7.41. The molecule has 1 N–H and O–H groups in total. The molecular formula is C5H4N4O2S. The molecule has 12 heavy (non-hydrogen) atoms. The molecule has 1 aliphatic heterocycles. The Balaban J connectivity index is 2.26. The van der Waals surface area contributed by atoms with Crippen molar-refractivity contribution < 1.29 is 9.59 Å². The molecule has 0 atom stereocenters. The molecule has 1 fully saturated rings. The van der Waals surface area contributed by atoms with Crippen molar-refractivity contribution in [2.45, 2.75) is 0 Å². The van der Waals surface area contributed by atoms with Gasteiger partial charge in [-0.2, -0.15) is 0 Å². The van der Waals surface area contributed by atoms with Crippen molar-refractivity contribution in [3.05, 3.63) is 5.38 Å². The van der Waals surface area contributed by atoms with Crippen LogP contribution in [0.25, 0.3) is 0 Å². The van der Waals surface area contributed by atoms with E-state index in [0.29, 0.717) is 5.82 Å². The molecule has 2 rings (SSSR count). The third-order valence-corrected chi connectivity index (χ3v) is 1.91. The van der Waals surface area contributed by atoms with Gasteiger partial charge < -0.3 is 0 Å². The van der Waals surface area contributed by atoms with Crippen molar-refractivity contribution >= 4 is 29.3 Å². The third kappa shape index (κ3) is 1.03. The first kappa shape index (κ1) is 7.17. The molecule has 0 radical (unpaired) electrons. The minimum Gasteiger partial charge on any atom is -0.276 e. The van der Waals surface area contributed by atoms with Gasteiger partial charge in [0.2, 0.25) is 5.91 Å². The number of carbonyl (C=O) groups excluding carboxylic acids is 2. The van der Waals surface area contributed by atoms with E-state index in [4.69, 9.17) is 0 Å². The van der Waals surface area contributed by atoms with Crippen molar-refractivity contribution in [3.8, 4) is 0 Å². The summed E-state index contributed by atoms with van der Waals surface area (Å²) in [4.78, 5) is 23.0. The largest absolute Gasteiger partial charge is 0.330 e. The van der Waals surface area contributed by atoms with Crippen molar-refractivity contribution in [2.24, 2.45) is 0 Å². The minimum atomic E-state index is -0.437. The first-order valence-corrected chi connectivity index (χ1v) is 3.99. The van der Waals surface area contributed by atoms with E-state index in [1.807, 2.05) is 0 Å². The van der Waals surface area contributed by atoms with Crippen LogP contribution in [0.2, 0.25) is 0 Å². The SMILES string of the molecule is O=C1CN(c2csnn2)C(=O)N1. The van der Waals surface area contributed by atoms with Crippen molar-refractivity contribution in [1.82, 2.24) is 14.9 Å². The van der Waals surface area contributed by atoms with E-state index in [0.717, 1.165) is 11.5 Å². The molecule has 1 aromatic rings. The van der Waals surface area contributed by atoms with Gasteiger partial charge in [-0.25, -0.2) is 4.79 Å². The summed E-state index contributed by atoms with van der Waals surface area (Å²) < 4.78 is 3.58. The number of carbonyl (C=O) groups is 2. The minimum absolute atomic E-state index is 0.0320. The number of nitrogens with zero attached hydrogens (tertiary/aromatic N) is 3. The van der Waals surface area contributed by atoms with E-state index in [1.54, 1.807) is 5.38 Å². The van der Waals surface area contributed by atoms with E-state index in [-0.39, 0.29) is 12.5 Å². The lowest BCUT2D eigenvalue weighted by atomic mass is 10.6. The second-order valence-corrected chi connectivity index (χ2v) is 2.81. The highest BCUT2D eigenvalue weighted by Crippen LogP contribution is 2.13. The second-order valence-electron chi connectivity index (χ2n) is 2.20. The normalized spacial score (nSPS) is 16.8. The lowest BCUT2D eigenvalue weighted by Crippen LogP contribution is -2.28. The summed E-state index contributed by atoms with van der Waals surface area (Å²) in [6.07, 6.45) is 0. The first-order valence-electron chi connectivity index (χ1n) is 3.16. The molecule has 0 unspecified atom stereocenters. The van der Waals surface area contributed by atoms with E-state index in [9.17, 15) is 9.59 Å². The second kappa shape index (κ2) is 2.52. The molecule has 1 aromatic heterocycles. The molecule has 0 bridgehead atoms. The van der Waals surface area contributed by atoms with Crippen LogP contribution in [0.3, 0.4) is 0 Å². The zero-order chi connectivity index (χ0) is 8.55. The average Bonchev–Trinajstić information content (AvgIpc) is 2.58. The predicted octanol–water partition coefficient (Wildman–Crippen LogP) is -0.406. The van der Waals surface area contributed by atoms with E-state index >= 15 is 0 Å². The van der Waals surface area contributed by atoms with Gasteiger partial charge in [-0.1, -0.05) is 4.49 Å². The van der Waals surface area contributed by atoms with Crippen LogP contribution in [0.15, 0.2) is 5.38 Å². The number of rotatable bonds is 1. The fourth-order valence-electron chi connectivity index (χ4n) is 0.904. The van der Waals surface area contributed by atoms with Crippen molar-refractivity contribution in [2.75, 3.05) is 11.4 Å². The maximum Gasteiger partial charge on any atom is 0.330 e. The number of imide groups is 1. The molecule has 0 saturated carbocycles. The molecule has 1 aliphatic rings. The lowest BCUT2D eigenvalue weighted by Gasteiger charge is -2.06. The number of hydrogen-bond donors (Lipinski definition) is 1. The Kier molecular flexibility index (Phi) is 1.51. The monoisotopic (exact) mass is 184 g/mol. The number of nitrogens with one attached hydrogen (secondary N) is 1. The molecule has 2 heterocycles. The van der Waals surface area contributed by atoms with Crippen molar-refractivity contribution in [3.63, 3.8) is 0 Å². The summed E-state index contributed by atoms with van der Waals surface area (Å²) in [7, 11) is 0. The lowest BCUT2D eigenvalue weighted by molar-refractivity contribution is -0.117. The van der Waals surface area contributed by atoms with Crippen LogP contribution >= 0.6 is 11.5 Å². The molecule has 3 amide bonds. The zero-order valence-electron chi connectivity index (χ0n) is 5.85. The van der Waals surface area contributed by atoms with E-state index in [2.05, 4.69) is 14.9 Å². The topological polar surface area (TPSA) is 75.2 Å². The number of urea groups is 1. The van der Waals surface area contributed by atoms with E-state index < -0.39 is 6.03 Å². The van der Waals surface area contributed by atoms with Gasteiger partial charge in [0.15, 0.2) is 5.82 Å². The fraction of sp³-hybridized carbons (Fsp3) is 0.200. The number of anilines is 1. The highest BCUT2D eigenvalue weighted by molar-refractivity contribution is 7.03. The fourth-order valence-corrected chi connectivity index (χ4v) is 1.35. The van der Waals surface area contributed by atoms with Crippen LogP contribution in [0.4, 0.5) is 10.6 Å². The molecule has 0 spiro atoms. The Morgan fingerprint density at radius 3 is 2.92 bits per heavy atom. The smallest absolute Gasteiger partial charge is 0.276 e. The number of amides is 3. The van der Waals surface area contributed by atoms with Gasteiger partial charge in [-0.3, -0.25) is 15.0 Å². The molecule has 0 aliphatic carbocycles. The predicted molar refractivity (Wildman–Crippen MR) is 40.8 cm³/mol. The first-order chi connectivity index (χ1) is 5.77. The van der Waals surface area contributed by atoms with Crippen LogP contribution < -0.4 is 10.2 Å². The molecule has 7 heteroatoms. The van der Waals surface area contributed by atoms with Crippen LogP contribution in [-0.2, 0) is 4.79 Å². The average molecular weight is 184 g/mol. The van der Waals surface area contributed by atoms with Crippen LogP contribution in [0, 0.1) is 0 Å².